The van der Waals surface area contributed by atoms with Gasteiger partial charge in [-0.3, -0.25) is 9.36 Å². The van der Waals surface area contributed by atoms with Crippen LogP contribution in [0.3, 0.4) is 0 Å². The van der Waals surface area contributed by atoms with Crippen molar-refractivity contribution in [1.29, 1.82) is 0 Å². The van der Waals surface area contributed by atoms with Gasteiger partial charge in [-0.05, 0) is 36.1 Å². The molecule has 0 atom stereocenters. The molecule has 0 saturated heterocycles. The molecule has 0 N–H and O–H groups in total. The fourth-order valence-corrected chi connectivity index (χ4v) is 2.23. The van der Waals surface area contributed by atoms with Crippen molar-refractivity contribution in [1.82, 2.24) is 9.55 Å². The molecule has 0 aliphatic rings. The van der Waals surface area contributed by atoms with Gasteiger partial charge >= 0.3 is 0 Å². The van der Waals surface area contributed by atoms with Crippen LogP contribution in [0.1, 0.15) is 26.6 Å². The molecule has 126 valence electrons. The lowest BCUT2D eigenvalue weighted by molar-refractivity contribution is 0.562. The maximum Gasteiger partial charge on any atom is 0.265 e. The minimum atomic E-state index is -0.226. The molecular weight excluding hydrogens is 494 g/mol. The third-order valence-corrected chi connectivity index (χ3v) is 3.27. The smallest absolute Gasteiger partial charge is 0.265 e. The molecule has 0 aliphatic heterocycles. The van der Waals surface area contributed by atoms with Gasteiger partial charge in [-0.25, -0.2) is 4.98 Å². The maximum absolute atomic E-state index is 12.3. The lowest BCUT2D eigenvalue weighted by Gasteiger charge is -2.10. The second-order valence-electron chi connectivity index (χ2n) is 3.68. The van der Waals surface area contributed by atoms with Gasteiger partial charge in [-0.15, -0.1) is 0 Å². The summed E-state index contributed by atoms with van der Waals surface area (Å²) in [5.74, 6) is 0.601. The molecule has 0 amide bonds. The molecule has 1 heterocycles. The van der Waals surface area contributed by atoms with E-state index in [1.54, 1.807) is 31.2 Å². The molecule has 0 aliphatic carbocycles. The molecule has 0 fully saturated rings. The largest absolute Gasteiger partial charge is 0.382 e. The van der Waals surface area contributed by atoms with E-state index in [1.165, 1.54) is 10.8 Å². The first-order valence-corrected chi connectivity index (χ1v) is 10.1. The number of nitrogens with zero attached hydrogens (tertiary/aromatic N) is 2. The number of allylic oxidation sites excluding steroid dienone is 1. The zero-order chi connectivity index (χ0) is 18.0. The van der Waals surface area contributed by atoms with Gasteiger partial charge in [-0.2, -0.15) is 0 Å². The van der Waals surface area contributed by atoms with E-state index in [0.29, 0.717) is 22.5 Å². The van der Waals surface area contributed by atoms with Crippen LogP contribution < -0.4 is 5.56 Å². The summed E-state index contributed by atoms with van der Waals surface area (Å²) in [4.78, 5) is 18.7. The van der Waals surface area contributed by atoms with E-state index in [-0.39, 0.29) is 5.56 Å². The van der Waals surface area contributed by atoms with Gasteiger partial charge in [0, 0.05) is 10.7 Å². The van der Waals surface area contributed by atoms with Crippen LogP contribution in [0.4, 0.5) is 0 Å². The summed E-state index contributed by atoms with van der Waals surface area (Å²) in [7, 11) is 0. The van der Waals surface area contributed by atoms with Gasteiger partial charge < -0.3 is 4.29 Å². The maximum atomic E-state index is 12.3. The molecule has 0 bridgehead atoms. The number of benzene rings is 1. The van der Waals surface area contributed by atoms with Crippen LogP contribution in [-0.2, 0) is 4.29 Å². The van der Waals surface area contributed by atoms with Crippen molar-refractivity contribution in [2.24, 2.45) is 0 Å². The topological polar surface area (TPSA) is 44.1 Å². The number of fused-ring (bicyclic) bond motifs is 1. The van der Waals surface area contributed by atoms with Crippen molar-refractivity contribution >= 4 is 73.2 Å². The van der Waals surface area contributed by atoms with Crippen LogP contribution in [-0.4, -0.2) is 14.5 Å². The van der Waals surface area contributed by atoms with Gasteiger partial charge in [0.05, 0.1) is 10.9 Å². The van der Waals surface area contributed by atoms with Crippen molar-refractivity contribution < 1.29 is 4.29 Å². The number of hydrogen-bond acceptors (Lipinski definition) is 3. The molecule has 23 heavy (non-hydrogen) atoms. The predicted octanol–water partition coefficient (Wildman–Crippen LogP) is 5.87. The zero-order valence-electron chi connectivity index (χ0n) is 13.4. The third kappa shape index (κ3) is 5.32. The monoisotopic (exact) mass is 512 g/mol. The molecule has 0 saturated carbocycles. The SMILES string of the molecule is C=Cn1c(/C(=C\C)OCl)nc2cc(Br)ccc2c1=O.CC.CI. The van der Waals surface area contributed by atoms with Gasteiger partial charge in [-0.1, -0.05) is 58.9 Å². The molecule has 4 nitrogen and oxygen atoms in total. The molecule has 2 rings (SSSR count). The van der Waals surface area contributed by atoms with Gasteiger partial charge in [0.15, 0.2) is 11.6 Å². The van der Waals surface area contributed by atoms with Crippen molar-refractivity contribution in [3.8, 4) is 0 Å². The van der Waals surface area contributed by atoms with Gasteiger partial charge in [0.1, 0.15) is 11.9 Å². The summed E-state index contributed by atoms with van der Waals surface area (Å²) in [6, 6.07) is 5.25. The van der Waals surface area contributed by atoms with Crippen LogP contribution in [0.25, 0.3) is 22.9 Å². The number of alkyl halides is 1. The Kier molecular flexibility index (Phi) is 11.2. The Hall–Kier alpha value is -0.860. The summed E-state index contributed by atoms with van der Waals surface area (Å²) in [6.45, 7) is 9.35. The molecule has 1 aromatic carbocycles. The van der Waals surface area contributed by atoms with Crippen molar-refractivity contribution in [2.45, 2.75) is 20.8 Å². The van der Waals surface area contributed by atoms with Gasteiger partial charge in [0.25, 0.3) is 5.56 Å². The van der Waals surface area contributed by atoms with E-state index in [1.807, 2.05) is 18.8 Å². The zero-order valence-corrected chi connectivity index (χ0v) is 17.9. The third-order valence-electron chi connectivity index (χ3n) is 2.61. The van der Waals surface area contributed by atoms with Crippen LogP contribution >= 0.6 is 50.4 Å². The molecule has 1 aromatic heterocycles. The van der Waals surface area contributed by atoms with Crippen molar-refractivity contribution in [3.05, 3.63) is 51.5 Å². The fraction of sp³-hybridized carbons (Fsp3) is 0.250. The first-order valence-electron chi connectivity index (χ1n) is 6.79. The molecule has 2 aromatic rings. The summed E-state index contributed by atoms with van der Waals surface area (Å²) in [5, 5.41) is 0.497. The number of rotatable bonds is 3. The normalized spacial score (nSPS) is 10.1. The summed E-state index contributed by atoms with van der Waals surface area (Å²) < 4.78 is 6.85. The highest BCUT2D eigenvalue weighted by Gasteiger charge is 2.14. The van der Waals surface area contributed by atoms with Crippen LogP contribution in [0, 0.1) is 0 Å². The highest BCUT2D eigenvalue weighted by atomic mass is 127. The van der Waals surface area contributed by atoms with Crippen molar-refractivity contribution in [2.75, 3.05) is 4.93 Å². The predicted molar refractivity (Wildman–Crippen MR) is 112 cm³/mol. The number of hydrogen-bond donors (Lipinski definition) is 0. The average molecular weight is 514 g/mol. The van der Waals surface area contributed by atoms with Crippen LogP contribution in [0.5, 0.6) is 0 Å². The molecule has 0 spiro atoms. The fourth-order valence-electron chi connectivity index (χ4n) is 1.72. The standard InChI is InChI=1S/C13H10BrClN2O2.C2H6.CH3I/c1-3-11(19-15)12-16-10-7-8(14)5-6-9(10)13(18)17(12)4-2;2*1-2/h3-7H,2H2,1H3;1-2H3;1H3/b11-3+;;. The first-order chi connectivity index (χ1) is 11.1. The van der Waals surface area contributed by atoms with E-state index in [9.17, 15) is 4.79 Å². The highest BCUT2D eigenvalue weighted by molar-refractivity contribution is 14.1. The quantitative estimate of drug-likeness (QED) is 0.293. The Morgan fingerprint density at radius 2 is 2.04 bits per heavy atom. The van der Waals surface area contributed by atoms with Gasteiger partial charge in [0.2, 0.25) is 0 Å². The Bertz CT molecular complexity index is 745. The summed E-state index contributed by atoms with van der Waals surface area (Å²) in [5.41, 5.74) is 0.330. The molecular formula is C16H19BrClIN2O2. The first kappa shape index (κ1) is 22.1. The van der Waals surface area contributed by atoms with Crippen LogP contribution in [0.2, 0.25) is 0 Å². The Morgan fingerprint density at radius 1 is 1.43 bits per heavy atom. The van der Waals surface area contributed by atoms with E-state index in [4.69, 9.17) is 16.2 Å². The molecule has 7 heteroatoms. The van der Waals surface area contributed by atoms with Crippen LogP contribution in [0.15, 0.2) is 40.1 Å². The Balaban J connectivity index is 0.00000112. The summed E-state index contributed by atoms with van der Waals surface area (Å²) in [6.07, 6.45) is 3.00. The minimum absolute atomic E-state index is 0.226. The molecule has 0 unspecified atom stereocenters. The summed E-state index contributed by atoms with van der Waals surface area (Å²) >= 11 is 10.9. The van der Waals surface area contributed by atoms with E-state index in [2.05, 4.69) is 50.1 Å². The van der Waals surface area contributed by atoms with Crippen molar-refractivity contribution in [3.63, 3.8) is 0 Å². The lowest BCUT2D eigenvalue weighted by Crippen LogP contribution is -2.21. The van der Waals surface area contributed by atoms with E-state index >= 15 is 0 Å². The Labute approximate surface area is 163 Å². The number of aromatic nitrogens is 2. The Morgan fingerprint density at radius 3 is 2.52 bits per heavy atom. The minimum Gasteiger partial charge on any atom is -0.382 e. The lowest BCUT2D eigenvalue weighted by atomic mass is 10.2. The number of halogens is 3. The second kappa shape index (κ2) is 11.6. The highest BCUT2D eigenvalue weighted by Crippen LogP contribution is 2.20. The second-order valence-corrected chi connectivity index (χ2v) is 4.75. The average Bonchev–Trinajstić information content (AvgIpc) is 2.59. The van der Waals surface area contributed by atoms with E-state index < -0.39 is 0 Å². The molecule has 0 radical (unpaired) electrons. The van der Waals surface area contributed by atoms with E-state index in [0.717, 1.165) is 4.47 Å².